The molecule has 5 nitrogen and oxygen atoms in total. The van der Waals surface area contributed by atoms with E-state index >= 15 is 4.39 Å². The molecular weight excluding hydrogens is 471 g/mol. The van der Waals surface area contributed by atoms with Gasteiger partial charge in [0.05, 0.1) is 11.8 Å². The maximum Gasteiger partial charge on any atom is 0.317 e. The largest absolute Gasteiger partial charge is 0.362 e. The molecule has 1 N–H and O–H groups in total. The lowest BCUT2D eigenvalue weighted by Crippen LogP contribution is -2.70. The molecule has 1 aromatic heterocycles. The average molecular weight is 511 g/mol. The molecule has 4 aliphatic rings. The van der Waals surface area contributed by atoms with E-state index in [2.05, 4.69) is 60.5 Å². The van der Waals surface area contributed by atoms with Gasteiger partial charge in [0.15, 0.2) is 0 Å². The Labute approximate surface area is 218 Å². The number of benzene rings is 1. The zero-order valence-corrected chi connectivity index (χ0v) is 23.1. The molecule has 0 aliphatic heterocycles. The molecule has 194 valence electrons. The molecular formula is C29H39FN4OS. The summed E-state index contributed by atoms with van der Waals surface area (Å²) < 4.78 is 17.3. The van der Waals surface area contributed by atoms with Gasteiger partial charge < -0.3 is 15.7 Å². The zero-order chi connectivity index (χ0) is 25.9. The summed E-state index contributed by atoms with van der Waals surface area (Å²) in [6, 6.07) is 8.74. The Morgan fingerprint density at radius 3 is 2.56 bits per heavy atom. The van der Waals surface area contributed by atoms with Crippen molar-refractivity contribution < 1.29 is 14.0 Å². The first-order chi connectivity index (χ1) is 17.0. The minimum atomic E-state index is -1.23. The summed E-state index contributed by atoms with van der Waals surface area (Å²) >= 11 is 1.77. The van der Waals surface area contributed by atoms with E-state index in [-0.39, 0.29) is 28.3 Å². The molecule has 1 heterocycles. The lowest BCUT2D eigenvalue weighted by molar-refractivity contribution is -0.154. The van der Waals surface area contributed by atoms with Crippen LogP contribution in [-0.4, -0.2) is 47.2 Å². The second-order valence-electron chi connectivity index (χ2n) is 12.6. The average Bonchev–Trinajstić information content (AvgIpc) is 3.33. The second-order valence-corrected chi connectivity index (χ2v) is 13.6. The molecule has 0 saturated heterocycles. The number of amides is 2. The van der Waals surface area contributed by atoms with Gasteiger partial charge in [-0.1, -0.05) is 26.0 Å². The number of hydrogen-bond acceptors (Lipinski definition) is 2. The molecule has 7 heteroatoms. The fraction of sp³-hybridized carbons (Fsp3) is 0.655. The molecule has 4 fully saturated rings. The summed E-state index contributed by atoms with van der Waals surface area (Å²) in [7, 11) is 3.44. The van der Waals surface area contributed by atoms with Gasteiger partial charge in [0.2, 0.25) is 0 Å². The molecule has 1 aromatic carbocycles. The van der Waals surface area contributed by atoms with E-state index in [0.717, 1.165) is 18.6 Å². The van der Waals surface area contributed by atoms with Crippen LogP contribution in [-0.2, 0) is 5.41 Å². The van der Waals surface area contributed by atoms with Crippen LogP contribution in [0, 0.1) is 16.7 Å². The zero-order valence-electron chi connectivity index (χ0n) is 22.2. The summed E-state index contributed by atoms with van der Waals surface area (Å²) in [5, 5.41) is 6.48. The summed E-state index contributed by atoms with van der Waals surface area (Å²) in [6.45, 7) is 6.93. The van der Waals surface area contributed by atoms with Crippen LogP contribution in [0.15, 0.2) is 29.6 Å². The number of thiophene rings is 1. The standard InChI is InChI=1S/C29H39FN4OS/c1-26(2)23-17-29(26,21-7-6-8-22-20(21)11-16-36-22)18-24(33-31)27(23,3)14-15-28(30)12-9-19(10-13-28)32-25(35)34(4)5/h6-8,11,16,19,23H,9-10,12-15,17-18H2,1-5H3,(H,32,35). The van der Waals surface area contributed by atoms with Crippen molar-refractivity contribution in [1.82, 2.24) is 10.2 Å². The number of fused-ring (bicyclic) bond motifs is 3. The van der Waals surface area contributed by atoms with Crippen molar-refractivity contribution in [2.24, 2.45) is 16.7 Å². The predicted octanol–water partition coefficient (Wildman–Crippen LogP) is 6.97. The SMILES string of the molecule is CN(C)C(=O)NC1CCC(F)(CCC2(C)C(=[N+]=[N-])CC3(c4cccc5sccc45)CC2C3(C)C)CC1. The van der Waals surface area contributed by atoms with Crippen molar-refractivity contribution in [1.29, 1.82) is 0 Å². The Morgan fingerprint density at radius 1 is 1.19 bits per heavy atom. The third-order valence-electron chi connectivity index (χ3n) is 10.4. The van der Waals surface area contributed by atoms with Crippen LogP contribution in [0.3, 0.4) is 0 Å². The van der Waals surface area contributed by atoms with Crippen LogP contribution in [0.25, 0.3) is 15.6 Å². The Hall–Kier alpha value is -2.24. The van der Waals surface area contributed by atoms with Crippen molar-refractivity contribution in [2.75, 3.05) is 14.1 Å². The number of carbonyl (C=O) groups excluding carboxylic acids is 1. The smallest absolute Gasteiger partial charge is 0.317 e. The lowest BCUT2D eigenvalue weighted by Gasteiger charge is -2.70. The van der Waals surface area contributed by atoms with Crippen LogP contribution in [0.2, 0.25) is 0 Å². The molecule has 4 saturated carbocycles. The highest BCUT2D eigenvalue weighted by Gasteiger charge is 2.73. The maximum atomic E-state index is 16.0. The van der Waals surface area contributed by atoms with Crippen molar-refractivity contribution in [2.45, 2.75) is 89.3 Å². The topological polar surface area (TPSA) is 68.7 Å². The Kier molecular flexibility index (Phi) is 6.12. The summed E-state index contributed by atoms with van der Waals surface area (Å²) in [5.74, 6) is 0.331. The number of halogens is 1. The predicted molar refractivity (Wildman–Crippen MR) is 144 cm³/mol. The fourth-order valence-electron chi connectivity index (χ4n) is 7.83. The van der Waals surface area contributed by atoms with Gasteiger partial charge >= 0.3 is 6.03 Å². The summed E-state index contributed by atoms with van der Waals surface area (Å²) in [4.78, 5) is 17.4. The Bertz CT molecular complexity index is 1220. The molecule has 2 amide bonds. The van der Waals surface area contributed by atoms with E-state index in [0.29, 0.717) is 44.4 Å². The van der Waals surface area contributed by atoms with E-state index in [1.54, 1.807) is 25.4 Å². The number of nitrogens with zero attached hydrogens (tertiary/aromatic N) is 3. The summed E-state index contributed by atoms with van der Waals surface area (Å²) in [5.41, 5.74) is 10.8. The van der Waals surface area contributed by atoms with Gasteiger partial charge in [-0.3, -0.25) is 0 Å². The van der Waals surface area contributed by atoms with Crippen molar-refractivity contribution in [3.63, 3.8) is 0 Å². The number of rotatable bonds is 5. The molecule has 0 radical (unpaired) electrons. The van der Waals surface area contributed by atoms with Gasteiger partial charge in [-0.25, -0.2) is 9.18 Å². The molecule has 6 rings (SSSR count). The van der Waals surface area contributed by atoms with Crippen LogP contribution in [0.5, 0.6) is 0 Å². The van der Waals surface area contributed by atoms with Crippen molar-refractivity contribution >= 4 is 33.2 Å². The number of urea groups is 1. The van der Waals surface area contributed by atoms with E-state index < -0.39 is 5.67 Å². The van der Waals surface area contributed by atoms with Crippen LogP contribution < -0.4 is 5.32 Å². The lowest BCUT2D eigenvalue weighted by atomic mass is 9.31. The first kappa shape index (κ1) is 25.4. The number of alkyl halides is 1. The van der Waals surface area contributed by atoms with Crippen LogP contribution in [0.1, 0.15) is 77.7 Å². The van der Waals surface area contributed by atoms with E-state index in [1.165, 1.54) is 20.5 Å². The number of carbonyl (C=O) groups is 1. The fourth-order valence-corrected chi connectivity index (χ4v) is 8.64. The summed E-state index contributed by atoms with van der Waals surface area (Å²) in [6.07, 6.45) is 5.17. The number of hydrogen-bond donors (Lipinski definition) is 1. The van der Waals surface area contributed by atoms with E-state index in [1.807, 2.05) is 0 Å². The van der Waals surface area contributed by atoms with Crippen LogP contribution >= 0.6 is 11.3 Å². The first-order valence-electron chi connectivity index (χ1n) is 13.3. The highest BCUT2D eigenvalue weighted by Crippen LogP contribution is 2.73. The van der Waals surface area contributed by atoms with Crippen LogP contribution in [0.4, 0.5) is 9.18 Å². The molecule has 2 aromatic rings. The van der Waals surface area contributed by atoms with Gasteiger partial charge in [0.1, 0.15) is 5.67 Å². The number of nitrogens with one attached hydrogen (secondary N) is 1. The molecule has 0 spiro atoms. The van der Waals surface area contributed by atoms with Gasteiger partial charge in [-0.05, 0) is 91.7 Å². The first-order valence-corrected chi connectivity index (χ1v) is 14.2. The Morgan fingerprint density at radius 2 is 1.92 bits per heavy atom. The minimum Gasteiger partial charge on any atom is -0.362 e. The van der Waals surface area contributed by atoms with Gasteiger partial charge in [-0.2, -0.15) is 4.79 Å². The molecule has 36 heavy (non-hydrogen) atoms. The van der Waals surface area contributed by atoms with E-state index in [9.17, 15) is 10.3 Å². The van der Waals surface area contributed by atoms with Crippen molar-refractivity contribution in [3.8, 4) is 0 Å². The normalized spacial score (nSPS) is 35.1. The minimum absolute atomic E-state index is 0.0176. The molecule has 2 bridgehead atoms. The highest BCUT2D eigenvalue weighted by molar-refractivity contribution is 7.17. The Balaban J connectivity index is 1.32. The third-order valence-corrected chi connectivity index (χ3v) is 11.3. The monoisotopic (exact) mass is 510 g/mol. The molecule has 3 unspecified atom stereocenters. The van der Waals surface area contributed by atoms with Gasteiger partial charge in [0, 0.05) is 30.3 Å². The third kappa shape index (κ3) is 3.73. The van der Waals surface area contributed by atoms with Gasteiger partial charge in [-0.15, -0.1) is 11.3 Å². The maximum absolute atomic E-state index is 16.0. The molecule has 3 atom stereocenters. The van der Waals surface area contributed by atoms with Gasteiger partial charge in [0.25, 0.3) is 5.71 Å². The molecule has 4 aliphatic carbocycles. The van der Waals surface area contributed by atoms with Crippen molar-refractivity contribution in [3.05, 3.63) is 40.7 Å². The quantitative estimate of drug-likeness (QED) is 0.342. The van der Waals surface area contributed by atoms with E-state index in [4.69, 9.17) is 0 Å². The second kappa shape index (κ2) is 8.66. The highest BCUT2D eigenvalue weighted by atomic mass is 32.1.